The summed E-state index contributed by atoms with van der Waals surface area (Å²) in [5, 5.41) is 12.1. The summed E-state index contributed by atoms with van der Waals surface area (Å²) in [6.07, 6.45) is 4.67. The van der Waals surface area contributed by atoms with Crippen LogP contribution in [0.25, 0.3) is 0 Å². The Morgan fingerprint density at radius 2 is 2.08 bits per heavy atom. The minimum atomic E-state index is -0.602. The Labute approximate surface area is 73.2 Å². The molecule has 0 atom stereocenters. The quantitative estimate of drug-likeness (QED) is 0.669. The molecule has 0 bridgehead atoms. The molecule has 0 aromatic heterocycles. The van der Waals surface area contributed by atoms with E-state index in [2.05, 4.69) is 5.32 Å². The van der Waals surface area contributed by atoms with E-state index < -0.39 is 11.4 Å². The summed E-state index contributed by atoms with van der Waals surface area (Å²) in [5.41, 5.74) is -0.400. The summed E-state index contributed by atoms with van der Waals surface area (Å²) in [6.45, 7) is 0.812. The molecule has 0 aromatic carbocycles. The van der Waals surface area contributed by atoms with Crippen molar-refractivity contribution < 1.29 is 9.90 Å². The van der Waals surface area contributed by atoms with Crippen LogP contribution in [0.1, 0.15) is 32.1 Å². The van der Waals surface area contributed by atoms with Gasteiger partial charge in [0.25, 0.3) is 0 Å². The Hall–Kier alpha value is -0.570. The van der Waals surface area contributed by atoms with Gasteiger partial charge >= 0.3 is 5.97 Å². The van der Waals surface area contributed by atoms with E-state index in [1.807, 2.05) is 7.05 Å². The van der Waals surface area contributed by atoms with E-state index in [0.29, 0.717) is 0 Å². The molecule has 0 amide bonds. The highest BCUT2D eigenvalue weighted by Crippen LogP contribution is 2.40. The predicted octanol–water partition coefficient (Wildman–Crippen LogP) is 1.24. The molecule has 0 aliphatic heterocycles. The Morgan fingerprint density at radius 1 is 1.50 bits per heavy atom. The van der Waals surface area contributed by atoms with Gasteiger partial charge in [0.2, 0.25) is 0 Å². The number of carboxylic acid groups (broad SMARTS) is 1. The fourth-order valence-electron chi connectivity index (χ4n) is 1.99. The lowest BCUT2D eigenvalue weighted by atomic mass is 9.83. The fraction of sp³-hybridized carbons (Fsp3) is 0.889. The van der Waals surface area contributed by atoms with Crippen molar-refractivity contribution in [3.8, 4) is 0 Å². The van der Waals surface area contributed by atoms with E-state index in [9.17, 15) is 4.79 Å². The molecule has 70 valence electrons. The first-order valence-corrected chi connectivity index (χ1v) is 4.59. The van der Waals surface area contributed by atoms with Crippen LogP contribution in [0.2, 0.25) is 0 Å². The van der Waals surface area contributed by atoms with E-state index in [4.69, 9.17) is 5.11 Å². The molecule has 0 aromatic rings. The summed E-state index contributed by atoms with van der Waals surface area (Å²) in [6, 6.07) is 0. The molecule has 0 heterocycles. The van der Waals surface area contributed by atoms with Crippen LogP contribution in [-0.2, 0) is 4.79 Å². The van der Waals surface area contributed by atoms with Crippen molar-refractivity contribution >= 4 is 5.97 Å². The van der Waals surface area contributed by atoms with Gasteiger partial charge in [-0.3, -0.25) is 4.79 Å². The molecule has 3 heteroatoms. The smallest absolute Gasteiger partial charge is 0.309 e. The number of carboxylic acids is 1. The van der Waals surface area contributed by atoms with E-state index in [1.54, 1.807) is 0 Å². The molecule has 1 aliphatic carbocycles. The van der Waals surface area contributed by atoms with Crippen LogP contribution in [0, 0.1) is 5.41 Å². The monoisotopic (exact) mass is 171 g/mol. The second-order valence-electron chi connectivity index (χ2n) is 3.65. The third-order valence-corrected chi connectivity index (χ3v) is 2.87. The highest BCUT2D eigenvalue weighted by Gasteiger charge is 2.40. The van der Waals surface area contributed by atoms with Gasteiger partial charge in [0.15, 0.2) is 0 Å². The van der Waals surface area contributed by atoms with E-state index in [1.165, 1.54) is 0 Å². The molecule has 0 unspecified atom stereocenters. The lowest BCUT2D eigenvalue weighted by Gasteiger charge is -2.23. The minimum absolute atomic E-state index is 0.400. The first-order valence-electron chi connectivity index (χ1n) is 4.59. The Balaban J connectivity index is 2.53. The minimum Gasteiger partial charge on any atom is -0.481 e. The van der Waals surface area contributed by atoms with Gasteiger partial charge in [-0.2, -0.15) is 0 Å². The molecule has 1 aliphatic rings. The van der Waals surface area contributed by atoms with Crippen molar-refractivity contribution in [2.45, 2.75) is 32.1 Å². The van der Waals surface area contributed by atoms with Crippen molar-refractivity contribution in [1.29, 1.82) is 0 Å². The lowest BCUT2D eigenvalue weighted by Crippen LogP contribution is -2.31. The Morgan fingerprint density at radius 3 is 2.50 bits per heavy atom. The summed E-state index contributed by atoms with van der Waals surface area (Å²) >= 11 is 0. The van der Waals surface area contributed by atoms with Gasteiger partial charge in [-0.15, -0.1) is 0 Å². The maximum absolute atomic E-state index is 11.0. The van der Waals surface area contributed by atoms with Crippen LogP contribution < -0.4 is 5.32 Å². The van der Waals surface area contributed by atoms with E-state index in [-0.39, 0.29) is 0 Å². The third kappa shape index (κ3) is 1.78. The molecule has 2 N–H and O–H groups in total. The van der Waals surface area contributed by atoms with Crippen molar-refractivity contribution in [2.75, 3.05) is 13.6 Å². The Bertz CT molecular complexity index is 162. The number of hydrogen-bond acceptors (Lipinski definition) is 2. The van der Waals surface area contributed by atoms with Gasteiger partial charge < -0.3 is 10.4 Å². The van der Waals surface area contributed by atoms with Crippen LogP contribution in [0.5, 0.6) is 0 Å². The zero-order valence-corrected chi connectivity index (χ0v) is 7.60. The number of aliphatic carboxylic acids is 1. The number of hydrogen-bond donors (Lipinski definition) is 2. The van der Waals surface area contributed by atoms with Crippen LogP contribution in [0.15, 0.2) is 0 Å². The summed E-state index contributed by atoms with van der Waals surface area (Å²) < 4.78 is 0. The van der Waals surface area contributed by atoms with Gasteiger partial charge in [0, 0.05) is 0 Å². The fourth-order valence-corrected chi connectivity index (χ4v) is 1.99. The summed E-state index contributed by atoms with van der Waals surface area (Å²) in [5.74, 6) is -0.602. The normalized spacial score (nSPS) is 21.1. The summed E-state index contributed by atoms with van der Waals surface area (Å²) in [4.78, 5) is 11.0. The molecule has 3 nitrogen and oxygen atoms in total. The molecule has 0 radical (unpaired) electrons. The third-order valence-electron chi connectivity index (χ3n) is 2.87. The molecule has 1 fully saturated rings. The molecule has 0 spiro atoms. The van der Waals surface area contributed by atoms with E-state index >= 15 is 0 Å². The number of rotatable bonds is 4. The second-order valence-corrected chi connectivity index (χ2v) is 3.65. The maximum atomic E-state index is 11.0. The molecule has 0 saturated heterocycles. The Kier molecular flexibility index (Phi) is 3.09. The molecular weight excluding hydrogens is 154 g/mol. The predicted molar refractivity (Wildman–Crippen MR) is 47.1 cm³/mol. The topological polar surface area (TPSA) is 49.3 Å². The average molecular weight is 171 g/mol. The second kappa shape index (κ2) is 3.90. The van der Waals surface area contributed by atoms with Gasteiger partial charge in [0.1, 0.15) is 0 Å². The first kappa shape index (κ1) is 9.52. The zero-order valence-electron chi connectivity index (χ0n) is 7.60. The highest BCUT2D eigenvalue weighted by atomic mass is 16.4. The van der Waals surface area contributed by atoms with Crippen molar-refractivity contribution in [3.05, 3.63) is 0 Å². The van der Waals surface area contributed by atoms with Crippen LogP contribution >= 0.6 is 0 Å². The van der Waals surface area contributed by atoms with Crippen LogP contribution in [-0.4, -0.2) is 24.7 Å². The molecule has 12 heavy (non-hydrogen) atoms. The standard InChI is InChI=1S/C9H17NO2/c1-10-7-6-9(8(11)12)4-2-3-5-9/h10H,2-7H2,1H3,(H,11,12). The first-order chi connectivity index (χ1) is 5.71. The van der Waals surface area contributed by atoms with E-state index in [0.717, 1.165) is 38.6 Å². The maximum Gasteiger partial charge on any atom is 0.309 e. The SMILES string of the molecule is CNCCC1(C(=O)O)CCCC1. The lowest BCUT2D eigenvalue weighted by molar-refractivity contribution is -0.149. The molecule has 1 rings (SSSR count). The van der Waals surface area contributed by atoms with Crippen molar-refractivity contribution in [1.82, 2.24) is 5.32 Å². The van der Waals surface area contributed by atoms with Gasteiger partial charge in [-0.05, 0) is 32.9 Å². The largest absolute Gasteiger partial charge is 0.481 e. The molecular formula is C9H17NO2. The van der Waals surface area contributed by atoms with Gasteiger partial charge in [-0.1, -0.05) is 12.8 Å². The number of carbonyl (C=O) groups is 1. The molecule has 1 saturated carbocycles. The van der Waals surface area contributed by atoms with Crippen LogP contribution in [0.4, 0.5) is 0 Å². The average Bonchev–Trinajstić information content (AvgIpc) is 2.50. The van der Waals surface area contributed by atoms with Crippen molar-refractivity contribution in [2.24, 2.45) is 5.41 Å². The van der Waals surface area contributed by atoms with Crippen LogP contribution in [0.3, 0.4) is 0 Å². The number of nitrogens with one attached hydrogen (secondary N) is 1. The zero-order chi connectivity index (χ0) is 9.03. The van der Waals surface area contributed by atoms with Gasteiger partial charge in [0.05, 0.1) is 5.41 Å². The van der Waals surface area contributed by atoms with Gasteiger partial charge in [-0.25, -0.2) is 0 Å². The summed E-state index contributed by atoms with van der Waals surface area (Å²) in [7, 11) is 1.87. The highest BCUT2D eigenvalue weighted by molar-refractivity contribution is 5.74. The van der Waals surface area contributed by atoms with Crippen molar-refractivity contribution in [3.63, 3.8) is 0 Å².